The van der Waals surface area contributed by atoms with E-state index in [1.807, 2.05) is 0 Å². The van der Waals surface area contributed by atoms with Crippen molar-refractivity contribution in [3.8, 4) is 0 Å². The molecule has 0 bridgehead atoms. The maximum absolute atomic E-state index is 13.1. The fraction of sp³-hybridized carbons (Fsp3) is 0.542. The Kier molecular flexibility index (Phi) is 10.2. The molecule has 192 valence electrons. The first-order valence-electron chi connectivity index (χ1n) is 11.0. The summed E-state index contributed by atoms with van der Waals surface area (Å²) in [6.07, 6.45) is -6.41. The first-order chi connectivity index (χ1) is 16.5. The predicted molar refractivity (Wildman–Crippen MR) is 117 cm³/mol. The molecular weight excluding hydrogens is 464 g/mol. The second kappa shape index (κ2) is 12.8. The number of esters is 5. The maximum atomic E-state index is 13.1. The molecule has 0 saturated carbocycles. The Balaban J connectivity index is 2.41. The van der Waals surface area contributed by atoms with E-state index in [0.717, 1.165) is 13.8 Å². The van der Waals surface area contributed by atoms with Crippen LogP contribution in [-0.2, 0) is 59.0 Å². The van der Waals surface area contributed by atoms with Gasteiger partial charge in [0.2, 0.25) is 6.10 Å². The summed E-state index contributed by atoms with van der Waals surface area (Å²) in [5.41, 5.74) is 0.683. The largest absolute Gasteiger partial charge is 0.463 e. The fourth-order valence-corrected chi connectivity index (χ4v) is 3.67. The molecule has 1 fully saturated rings. The van der Waals surface area contributed by atoms with Crippen LogP contribution >= 0.6 is 0 Å². The van der Waals surface area contributed by atoms with E-state index in [2.05, 4.69) is 0 Å². The van der Waals surface area contributed by atoms with Crippen LogP contribution in [0.4, 0.5) is 0 Å². The van der Waals surface area contributed by atoms with Crippen LogP contribution in [0.25, 0.3) is 0 Å². The molecule has 11 nitrogen and oxygen atoms in total. The van der Waals surface area contributed by atoms with Crippen LogP contribution in [0, 0.1) is 5.92 Å². The Bertz CT molecular complexity index is 913. The number of hydrogen-bond donors (Lipinski definition) is 0. The van der Waals surface area contributed by atoms with Gasteiger partial charge in [-0.3, -0.25) is 19.2 Å². The average molecular weight is 494 g/mol. The number of rotatable bonds is 9. The van der Waals surface area contributed by atoms with Crippen molar-refractivity contribution in [1.29, 1.82) is 0 Å². The van der Waals surface area contributed by atoms with Gasteiger partial charge in [0.25, 0.3) is 0 Å². The quantitative estimate of drug-likeness (QED) is 0.364. The lowest BCUT2D eigenvalue weighted by atomic mass is 9.86. The zero-order valence-electron chi connectivity index (χ0n) is 20.3. The van der Waals surface area contributed by atoms with E-state index in [1.54, 1.807) is 37.3 Å². The van der Waals surface area contributed by atoms with Gasteiger partial charge in [-0.15, -0.1) is 0 Å². The molecule has 2 unspecified atom stereocenters. The van der Waals surface area contributed by atoms with Crippen LogP contribution < -0.4 is 0 Å². The maximum Gasteiger partial charge on any atom is 0.350 e. The summed E-state index contributed by atoms with van der Waals surface area (Å²) in [4.78, 5) is 60.1. The van der Waals surface area contributed by atoms with Gasteiger partial charge in [0.1, 0.15) is 25.4 Å². The van der Waals surface area contributed by atoms with Gasteiger partial charge in [0, 0.05) is 33.6 Å². The van der Waals surface area contributed by atoms with Crippen molar-refractivity contribution in [2.75, 3.05) is 6.61 Å². The summed E-state index contributed by atoms with van der Waals surface area (Å²) < 4.78 is 32.4. The number of ether oxygens (including phenoxy) is 6. The van der Waals surface area contributed by atoms with Gasteiger partial charge < -0.3 is 28.4 Å². The predicted octanol–water partition coefficient (Wildman–Crippen LogP) is 1.49. The summed E-state index contributed by atoms with van der Waals surface area (Å²) in [5, 5.41) is 0. The van der Waals surface area contributed by atoms with E-state index in [9.17, 15) is 24.0 Å². The average Bonchev–Trinajstić information content (AvgIpc) is 2.78. The topological polar surface area (TPSA) is 141 Å². The molecule has 1 aromatic rings. The van der Waals surface area contributed by atoms with Gasteiger partial charge in [-0.1, -0.05) is 37.3 Å². The normalized spacial score (nSPS) is 24.4. The van der Waals surface area contributed by atoms with Crippen LogP contribution in [0.15, 0.2) is 30.3 Å². The fourth-order valence-electron chi connectivity index (χ4n) is 3.67. The van der Waals surface area contributed by atoms with E-state index in [4.69, 9.17) is 28.4 Å². The van der Waals surface area contributed by atoms with Crippen molar-refractivity contribution >= 4 is 29.8 Å². The van der Waals surface area contributed by atoms with Crippen molar-refractivity contribution < 1.29 is 52.4 Å². The number of carbonyl (C=O) groups excluding carboxylic acids is 5. The highest BCUT2D eigenvalue weighted by Crippen LogP contribution is 2.33. The van der Waals surface area contributed by atoms with Gasteiger partial charge in [-0.2, -0.15) is 0 Å². The second-order valence-corrected chi connectivity index (χ2v) is 8.07. The minimum atomic E-state index is -1.68. The Labute approximate surface area is 202 Å². The molecule has 1 saturated heterocycles. The molecule has 0 radical (unpaired) electrons. The first-order valence-corrected chi connectivity index (χ1v) is 11.0. The van der Waals surface area contributed by atoms with Gasteiger partial charge in [0.05, 0.1) is 6.10 Å². The third kappa shape index (κ3) is 8.36. The highest BCUT2D eigenvalue weighted by Gasteiger charge is 2.53. The van der Waals surface area contributed by atoms with Crippen molar-refractivity contribution in [1.82, 2.24) is 0 Å². The van der Waals surface area contributed by atoms with E-state index < -0.39 is 66.3 Å². The highest BCUT2D eigenvalue weighted by atomic mass is 16.6. The van der Waals surface area contributed by atoms with E-state index in [0.29, 0.717) is 5.56 Å². The zero-order chi connectivity index (χ0) is 26.1. The van der Waals surface area contributed by atoms with Gasteiger partial charge >= 0.3 is 29.8 Å². The molecule has 1 aliphatic rings. The van der Waals surface area contributed by atoms with E-state index in [-0.39, 0.29) is 13.2 Å². The summed E-state index contributed by atoms with van der Waals surface area (Å²) in [5.74, 6) is -4.42. The summed E-state index contributed by atoms with van der Waals surface area (Å²) in [6, 6.07) is 8.80. The lowest BCUT2D eigenvalue weighted by Gasteiger charge is -2.45. The van der Waals surface area contributed by atoms with Crippen LogP contribution in [-0.4, -0.2) is 67.0 Å². The molecule has 0 aliphatic carbocycles. The minimum absolute atomic E-state index is 0.122. The van der Waals surface area contributed by atoms with Gasteiger partial charge in [-0.05, 0) is 5.56 Å². The van der Waals surface area contributed by atoms with E-state index in [1.165, 1.54) is 13.8 Å². The molecule has 6 atom stereocenters. The number of hydrogen-bond acceptors (Lipinski definition) is 11. The third-order valence-corrected chi connectivity index (χ3v) is 5.19. The number of carbonyl (C=O) groups is 5. The SMILES string of the molecule is CC(=O)OC[C@H]1OC(C(OC(C)=O)C(=O)OCc2ccccc2)[C@H](OC(C)=O)[C@@H](OC(C)=O)[C@@H]1C. The summed E-state index contributed by atoms with van der Waals surface area (Å²) >= 11 is 0. The Hall–Kier alpha value is -3.47. The molecule has 11 heteroatoms. The molecule has 0 spiro atoms. The Morgan fingerprint density at radius 1 is 0.829 bits per heavy atom. The molecular formula is C24H30O11. The van der Waals surface area contributed by atoms with Gasteiger partial charge in [-0.25, -0.2) is 4.79 Å². The summed E-state index contributed by atoms with van der Waals surface area (Å²) in [7, 11) is 0. The standard InChI is InChI=1S/C24H30O11/c1-13-19(12-30-14(2)25)35-22(21(33-16(4)27)20(13)32-15(3)26)23(34-17(5)28)24(29)31-11-18-9-7-6-8-10-18/h6-10,13,19-23H,11-12H2,1-5H3/t13-,19-,20+,21-,22?,23?/m1/s1. The van der Waals surface area contributed by atoms with Crippen molar-refractivity contribution in [2.24, 2.45) is 5.92 Å². The lowest BCUT2D eigenvalue weighted by molar-refractivity contribution is -0.250. The Morgan fingerprint density at radius 3 is 1.97 bits per heavy atom. The van der Waals surface area contributed by atoms with Crippen LogP contribution in [0.1, 0.15) is 40.2 Å². The van der Waals surface area contributed by atoms with E-state index >= 15 is 0 Å². The summed E-state index contributed by atoms with van der Waals surface area (Å²) in [6.45, 7) is 5.87. The third-order valence-electron chi connectivity index (χ3n) is 5.19. The second-order valence-electron chi connectivity index (χ2n) is 8.07. The molecule has 35 heavy (non-hydrogen) atoms. The first kappa shape index (κ1) is 27.8. The smallest absolute Gasteiger partial charge is 0.350 e. The number of benzene rings is 1. The lowest BCUT2D eigenvalue weighted by Crippen LogP contribution is -2.62. The van der Waals surface area contributed by atoms with Crippen LogP contribution in [0.3, 0.4) is 0 Å². The van der Waals surface area contributed by atoms with Crippen LogP contribution in [0.5, 0.6) is 0 Å². The molecule has 0 aromatic heterocycles. The van der Waals surface area contributed by atoms with Crippen molar-refractivity contribution in [2.45, 2.75) is 71.7 Å². The molecule has 1 aliphatic heterocycles. The van der Waals surface area contributed by atoms with Crippen molar-refractivity contribution in [3.63, 3.8) is 0 Å². The molecule has 0 N–H and O–H groups in total. The monoisotopic (exact) mass is 494 g/mol. The zero-order valence-corrected chi connectivity index (χ0v) is 20.3. The molecule has 2 rings (SSSR count). The van der Waals surface area contributed by atoms with Crippen molar-refractivity contribution in [3.05, 3.63) is 35.9 Å². The highest BCUT2D eigenvalue weighted by molar-refractivity contribution is 5.79. The Morgan fingerprint density at radius 2 is 1.43 bits per heavy atom. The minimum Gasteiger partial charge on any atom is -0.463 e. The molecule has 1 heterocycles. The molecule has 0 amide bonds. The van der Waals surface area contributed by atoms with Gasteiger partial charge in [0.15, 0.2) is 6.10 Å². The molecule has 1 aromatic carbocycles. The van der Waals surface area contributed by atoms with Crippen LogP contribution in [0.2, 0.25) is 0 Å².